The fourth-order valence-electron chi connectivity index (χ4n) is 3.46. The molecule has 1 aliphatic heterocycles. The highest BCUT2D eigenvalue weighted by atomic mass is 35.5. The molecule has 2 heterocycles. The quantitative estimate of drug-likeness (QED) is 0.689. The van der Waals surface area contributed by atoms with Crippen LogP contribution in [0.15, 0.2) is 54.7 Å². The number of carbonyl (C=O) groups is 1. The molecule has 4 rings (SSSR count). The normalized spacial score (nSPS) is 14.6. The fourth-order valence-corrected chi connectivity index (χ4v) is 3.69. The van der Waals surface area contributed by atoms with Gasteiger partial charge in [-0.25, -0.2) is 0 Å². The summed E-state index contributed by atoms with van der Waals surface area (Å²) in [6, 6.07) is 13.7. The molecule has 0 saturated heterocycles. The van der Waals surface area contributed by atoms with Crippen molar-refractivity contribution >= 4 is 34.0 Å². The Morgan fingerprint density at radius 2 is 2.00 bits per heavy atom. The standard InChI is InChI=1S/C21H19ClN2O/c1-14-5-2-3-6-16(14)21(25)24-11-9-15(10-12-24)18-13-23-20-17(18)7-4-8-19(20)22/h2-9,13,23H,10-12H2,1H3. The Morgan fingerprint density at radius 3 is 2.76 bits per heavy atom. The number of fused-ring (bicyclic) bond motifs is 1. The van der Waals surface area contributed by atoms with Crippen molar-refractivity contribution in [2.75, 3.05) is 13.1 Å². The minimum Gasteiger partial charge on any atom is -0.359 e. The van der Waals surface area contributed by atoms with Crippen molar-refractivity contribution in [3.63, 3.8) is 0 Å². The first-order valence-corrected chi connectivity index (χ1v) is 8.83. The predicted octanol–water partition coefficient (Wildman–Crippen LogP) is 5.06. The Morgan fingerprint density at radius 1 is 1.16 bits per heavy atom. The van der Waals surface area contributed by atoms with Crippen molar-refractivity contribution < 1.29 is 4.79 Å². The van der Waals surface area contributed by atoms with Gasteiger partial charge in [0.1, 0.15) is 0 Å². The van der Waals surface area contributed by atoms with Gasteiger partial charge in [-0.2, -0.15) is 0 Å². The van der Waals surface area contributed by atoms with E-state index in [1.165, 1.54) is 11.1 Å². The Kier molecular flexibility index (Phi) is 4.10. The summed E-state index contributed by atoms with van der Waals surface area (Å²) in [5, 5.41) is 1.87. The van der Waals surface area contributed by atoms with Crippen LogP contribution in [0.25, 0.3) is 16.5 Å². The van der Waals surface area contributed by atoms with Gasteiger partial charge in [-0.3, -0.25) is 4.79 Å². The van der Waals surface area contributed by atoms with Gasteiger partial charge in [-0.1, -0.05) is 48.0 Å². The molecule has 1 N–H and O–H groups in total. The van der Waals surface area contributed by atoms with Gasteiger partial charge in [0.2, 0.25) is 0 Å². The maximum atomic E-state index is 12.7. The molecular weight excluding hydrogens is 332 g/mol. The molecule has 0 atom stereocenters. The summed E-state index contributed by atoms with van der Waals surface area (Å²) in [4.78, 5) is 17.9. The summed E-state index contributed by atoms with van der Waals surface area (Å²) in [6.45, 7) is 3.34. The molecule has 0 saturated carbocycles. The van der Waals surface area contributed by atoms with Crippen LogP contribution in [-0.4, -0.2) is 28.9 Å². The lowest BCUT2D eigenvalue weighted by molar-refractivity contribution is 0.0772. The van der Waals surface area contributed by atoms with Gasteiger partial charge < -0.3 is 9.88 Å². The van der Waals surface area contributed by atoms with E-state index in [0.29, 0.717) is 6.54 Å². The summed E-state index contributed by atoms with van der Waals surface area (Å²) >= 11 is 6.25. The molecule has 3 aromatic rings. The average Bonchev–Trinajstić information content (AvgIpc) is 3.07. The van der Waals surface area contributed by atoms with Gasteiger partial charge >= 0.3 is 0 Å². The molecule has 0 unspecified atom stereocenters. The zero-order chi connectivity index (χ0) is 17.4. The van der Waals surface area contributed by atoms with E-state index in [1.54, 1.807) is 0 Å². The summed E-state index contributed by atoms with van der Waals surface area (Å²) in [5.74, 6) is 0.107. The van der Waals surface area contributed by atoms with Crippen LogP contribution in [0, 0.1) is 6.92 Å². The van der Waals surface area contributed by atoms with Crippen LogP contribution in [0.5, 0.6) is 0 Å². The zero-order valence-corrected chi connectivity index (χ0v) is 14.8. The van der Waals surface area contributed by atoms with Crippen LogP contribution in [0.3, 0.4) is 0 Å². The number of aryl methyl sites for hydroxylation is 1. The first-order valence-electron chi connectivity index (χ1n) is 8.45. The minimum atomic E-state index is 0.107. The van der Waals surface area contributed by atoms with Crippen molar-refractivity contribution in [3.05, 3.63) is 76.5 Å². The summed E-state index contributed by atoms with van der Waals surface area (Å²) in [7, 11) is 0. The number of H-pyrrole nitrogens is 1. The van der Waals surface area contributed by atoms with Crippen LogP contribution >= 0.6 is 11.6 Å². The SMILES string of the molecule is Cc1ccccc1C(=O)N1CC=C(c2c[nH]c3c(Cl)cccc23)CC1. The van der Waals surface area contributed by atoms with E-state index in [2.05, 4.69) is 17.1 Å². The molecule has 1 amide bonds. The monoisotopic (exact) mass is 350 g/mol. The van der Waals surface area contributed by atoms with E-state index in [0.717, 1.165) is 40.0 Å². The van der Waals surface area contributed by atoms with Crippen LogP contribution in [0.2, 0.25) is 5.02 Å². The van der Waals surface area contributed by atoms with Crippen LogP contribution < -0.4 is 0 Å². The number of nitrogens with zero attached hydrogens (tertiary/aromatic N) is 1. The van der Waals surface area contributed by atoms with Crippen LogP contribution in [0.1, 0.15) is 27.9 Å². The van der Waals surface area contributed by atoms with E-state index in [-0.39, 0.29) is 5.91 Å². The van der Waals surface area contributed by atoms with E-state index in [1.807, 2.05) is 54.4 Å². The molecule has 0 fully saturated rings. The first kappa shape index (κ1) is 16.0. The zero-order valence-electron chi connectivity index (χ0n) is 14.1. The molecular formula is C21H19ClN2O. The number of rotatable bonds is 2. The van der Waals surface area contributed by atoms with E-state index >= 15 is 0 Å². The van der Waals surface area contributed by atoms with Crippen LogP contribution in [-0.2, 0) is 0 Å². The van der Waals surface area contributed by atoms with Gasteiger partial charge in [0, 0.05) is 35.8 Å². The first-order chi connectivity index (χ1) is 12.1. The molecule has 0 spiro atoms. The smallest absolute Gasteiger partial charge is 0.254 e. The van der Waals surface area contributed by atoms with E-state index < -0.39 is 0 Å². The third-order valence-corrected chi connectivity index (χ3v) is 5.20. The highest BCUT2D eigenvalue weighted by Crippen LogP contribution is 2.32. The molecule has 1 aliphatic rings. The molecule has 0 radical (unpaired) electrons. The number of hydrogen-bond donors (Lipinski definition) is 1. The van der Waals surface area contributed by atoms with E-state index in [4.69, 9.17) is 11.6 Å². The summed E-state index contributed by atoms with van der Waals surface area (Å²) in [6.07, 6.45) is 5.02. The van der Waals surface area contributed by atoms with Gasteiger partial charge in [0.25, 0.3) is 5.91 Å². The third kappa shape index (κ3) is 2.85. The minimum absolute atomic E-state index is 0.107. The van der Waals surface area contributed by atoms with Gasteiger partial charge in [0.15, 0.2) is 0 Å². The number of carbonyl (C=O) groups excluding carboxylic acids is 1. The van der Waals surface area contributed by atoms with E-state index in [9.17, 15) is 4.79 Å². The topological polar surface area (TPSA) is 36.1 Å². The highest BCUT2D eigenvalue weighted by molar-refractivity contribution is 6.35. The maximum Gasteiger partial charge on any atom is 0.254 e. The Bertz CT molecular complexity index is 986. The maximum absolute atomic E-state index is 12.7. The lowest BCUT2D eigenvalue weighted by Gasteiger charge is -2.27. The number of nitrogens with one attached hydrogen (secondary N) is 1. The number of aromatic nitrogens is 1. The number of amides is 1. The Balaban J connectivity index is 1.59. The molecule has 25 heavy (non-hydrogen) atoms. The predicted molar refractivity (Wildman–Crippen MR) is 103 cm³/mol. The molecule has 3 nitrogen and oxygen atoms in total. The molecule has 2 aromatic carbocycles. The lowest BCUT2D eigenvalue weighted by Crippen LogP contribution is -2.35. The van der Waals surface area contributed by atoms with Gasteiger partial charge in [0.05, 0.1) is 10.5 Å². The van der Waals surface area contributed by atoms with Crippen molar-refractivity contribution in [3.8, 4) is 0 Å². The average molecular weight is 351 g/mol. The Labute approximate surface area is 151 Å². The van der Waals surface area contributed by atoms with Crippen molar-refractivity contribution in [1.82, 2.24) is 9.88 Å². The molecule has 4 heteroatoms. The number of halogens is 1. The van der Waals surface area contributed by atoms with Crippen molar-refractivity contribution in [1.29, 1.82) is 0 Å². The molecule has 1 aromatic heterocycles. The molecule has 126 valence electrons. The van der Waals surface area contributed by atoms with Crippen LogP contribution in [0.4, 0.5) is 0 Å². The Hall–Kier alpha value is -2.52. The molecule has 0 bridgehead atoms. The molecule has 0 aliphatic carbocycles. The third-order valence-electron chi connectivity index (χ3n) is 4.88. The van der Waals surface area contributed by atoms with Gasteiger partial charge in [-0.05, 0) is 36.6 Å². The summed E-state index contributed by atoms with van der Waals surface area (Å²) < 4.78 is 0. The number of aromatic amines is 1. The highest BCUT2D eigenvalue weighted by Gasteiger charge is 2.21. The number of hydrogen-bond acceptors (Lipinski definition) is 1. The second-order valence-electron chi connectivity index (χ2n) is 6.41. The second kappa shape index (κ2) is 6.41. The number of benzene rings is 2. The lowest BCUT2D eigenvalue weighted by atomic mass is 9.98. The largest absolute Gasteiger partial charge is 0.359 e. The second-order valence-corrected chi connectivity index (χ2v) is 6.82. The van der Waals surface area contributed by atoms with Crippen molar-refractivity contribution in [2.24, 2.45) is 0 Å². The van der Waals surface area contributed by atoms with Gasteiger partial charge in [-0.15, -0.1) is 0 Å². The summed E-state index contributed by atoms with van der Waals surface area (Å²) in [5.41, 5.74) is 5.23. The fraction of sp³-hybridized carbons (Fsp3) is 0.190. The number of para-hydroxylation sites is 1. The van der Waals surface area contributed by atoms with Crippen molar-refractivity contribution in [2.45, 2.75) is 13.3 Å².